The molecule has 1 atom stereocenters. The fraction of sp³-hybridized carbons (Fsp3) is 0.488. The molecule has 4 aliphatic heterocycles. The van der Waals surface area contributed by atoms with Gasteiger partial charge in [0.25, 0.3) is 17.7 Å². The van der Waals surface area contributed by atoms with Crippen LogP contribution >= 0.6 is 0 Å². The number of anilines is 2. The fourth-order valence-corrected chi connectivity index (χ4v) is 8.87. The molecule has 58 heavy (non-hydrogen) atoms. The molecule has 0 bridgehead atoms. The molecule has 3 saturated heterocycles. The van der Waals surface area contributed by atoms with Crippen molar-refractivity contribution in [1.29, 1.82) is 0 Å². The van der Waals surface area contributed by atoms with E-state index in [9.17, 15) is 24.0 Å². The van der Waals surface area contributed by atoms with Crippen LogP contribution in [0.3, 0.4) is 0 Å². The molecule has 3 aromatic heterocycles. The number of benzene rings is 1. The van der Waals surface area contributed by atoms with Crippen molar-refractivity contribution in [3.63, 3.8) is 0 Å². The summed E-state index contributed by atoms with van der Waals surface area (Å²) in [6.07, 6.45) is 9.06. The number of aryl methyl sites for hydroxylation is 1. The number of fused-ring (bicyclic) bond motifs is 2. The van der Waals surface area contributed by atoms with Crippen LogP contribution in [0.15, 0.2) is 49.1 Å². The van der Waals surface area contributed by atoms with Crippen LogP contribution in [-0.4, -0.2) is 127 Å². The monoisotopic (exact) mass is 789 g/mol. The van der Waals surface area contributed by atoms with Crippen molar-refractivity contribution in [3.05, 3.63) is 71.6 Å². The Kier molecular flexibility index (Phi) is 10.3. The molecule has 0 spiro atoms. The summed E-state index contributed by atoms with van der Waals surface area (Å²) >= 11 is 0. The number of nitrogens with one attached hydrogen (secondary N) is 3. The second-order valence-corrected chi connectivity index (χ2v) is 16.0. The Balaban J connectivity index is 0.697. The van der Waals surface area contributed by atoms with Crippen LogP contribution in [0.25, 0.3) is 11.2 Å². The van der Waals surface area contributed by atoms with E-state index in [1.54, 1.807) is 24.5 Å². The van der Waals surface area contributed by atoms with E-state index in [0.717, 1.165) is 105 Å². The van der Waals surface area contributed by atoms with Crippen molar-refractivity contribution < 1.29 is 28.7 Å². The van der Waals surface area contributed by atoms with E-state index in [4.69, 9.17) is 9.72 Å². The Morgan fingerprint density at radius 3 is 2.47 bits per heavy atom. The molecule has 9 rings (SSSR count). The fourth-order valence-electron chi connectivity index (χ4n) is 8.87. The number of likely N-dealkylation sites (tertiary alicyclic amines) is 1. The summed E-state index contributed by atoms with van der Waals surface area (Å²) in [4.78, 5) is 86.9. The van der Waals surface area contributed by atoms with Crippen LogP contribution in [-0.2, 0) is 14.3 Å². The summed E-state index contributed by atoms with van der Waals surface area (Å²) in [5, 5.41) is 8.97. The first-order chi connectivity index (χ1) is 28.2. The van der Waals surface area contributed by atoms with Crippen molar-refractivity contribution in [2.45, 2.75) is 88.6 Å². The Morgan fingerprint density at radius 2 is 1.69 bits per heavy atom. The van der Waals surface area contributed by atoms with E-state index in [2.05, 4.69) is 45.3 Å². The first-order valence-electron chi connectivity index (χ1n) is 20.3. The second kappa shape index (κ2) is 15.9. The number of imide groups is 2. The molecule has 1 aliphatic carbocycles. The van der Waals surface area contributed by atoms with E-state index in [1.807, 2.05) is 31.5 Å². The Bertz CT molecular complexity index is 2260. The smallest absolute Gasteiger partial charge is 0.270 e. The zero-order chi connectivity index (χ0) is 39.9. The summed E-state index contributed by atoms with van der Waals surface area (Å²) in [6.45, 7) is 6.84. The van der Waals surface area contributed by atoms with E-state index < -0.39 is 29.7 Å². The Morgan fingerprint density at radius 1 is 0.897 bits per heavy atom. The summed E-state index contributed by atoms with van der Waals surface area (Å²) in [7, 11) is 0. The number of hydrogen-bond acceptors (Lipinski definition) is 13. The summed E-state index contributed by atoms with van der Waals surface area (Å²) in [5.74, 6) is -1.39. The SMILES string of the molecule is Cc1cccc(C(=O)NC2CC(n3cnc4c(NC5CCN(CCOC6CCN(c7ccc8c(c7)C(=O)N(C7CCC(=O)NC7=O)C8=O)CC6)CC5)ncnc43)C2)n1. The lowest BCUT2D eigenvalue weighted by Crippen LogP contribution is -2.54. The second-order valence-electron chi connectivity index (χ2n) is 16.0. The van der Waals surface area contributed by atoms with Gasteiger partial charge in [-0.3, -0.25) is 34.2 Å². The normalized spacial score (nSPS) is 23.2. The lowest BCUT2D eigenvalue weighted by atomic mass is 9.86. The number of pyridine rings is 1. The van der Waals surface area contributed by atoms with Crippen molar-refractivity contribution in [2.75, 3.05) is 49.5 Å². The van der Waals surface area contributed by atoms with Gasteiger partial charge in [-0.15, -0.1) is 0 Å². The lowest BCUT2D eigenvalue weighted by molar-refractivity contribution is -0.136. The predicted molar refractivity (Wildman–Crippen MR) is 211 cm³/mol. The summed E-state index contributed by atoms with van der Waals surface area (Å²) in [6, 6.07) is 10.3. The van der Waals surface area contributed by atoms with Gasteiger partial charge in [0.05, 0.1) is 30.2 Å². The highest BCUT2D eigenvalue weighted by Gasteiger charge is 2.45. The topological polar surface area (TPSA) is 197 Å². The van der Waals surface area contributed by atoms with Gasteiger partial charge in [0.15, 0.2) is 11.5 Å². The first-order valence-corrected chi connectivity index (χ1v) is 20.3. The molecule has 5 amide bonds. The maximum absolute atomic E-state index is 13.3. The maximum atomic E-state index is 13.3. The number of nitrogens with zero attached hydrogens (tertiary/aromatic N) is 8. The van der Waals surface area contributed by atoms with Gasteiger partial charge in [0, 0.05) is 68.7 Å². The van der Waals surface area contributed by atoms with E-state index >= 15 is 0 Å². The van der Waals surface area contributed by atoms with Gasteiger partial charge < -0.3 is 29.7 Å². The highest BCUT2D eigenvalue weighted by molar-refractivity contribution is 6.23. The molecular formula is C41H47N11O6. The van der Waals surface area contributed by atoms with E-state index in [0.29, 0.717) is 17.9 Å². The van der Waals surface area contributed by atoms with Crippen LogP contribution in [0.1, 0.15) is 94.3 Å². The molecule has 1 unspecified atom stereocenters. The van der Waals surface area contributed by atoms with Gasteiger partial charge in [-0.1, -0.05) is 6.07 Å². The number of imidazole rings is 1. The third-order valence-corrected chi connectivity index (χ3v) is 12.2. The molecule has 0 radical (unpaired) electrons. The third-order valence-electron chi connectivity index (χ3n) is 12.2. The number of amides is 5. The number of piperidine rings is 3. The molecule has 17 heteroatoms. The van der Waals surface area contributed by atoms with Crippen LogP contribution in [0, 0.1) is 6.92 Å². The van der Waals surface area contributed by atoms with Crippen molar-refractivity contribution in [2.24, 2.45) is 0 Å². The van der Waals surface area contributed by atoms with Crippen LogP contribution < -0.4 is 20.9 Å². The molecule has 3 N–H and O–H groups in total. The Labute approximate surface area is 334 Å². The van der Waals surface area contributed by atoms with Crippen molar-refractivity contribution in [3.8, 4) is 0 Å². The minimum absolute atomic E-state index is 0.0782. The molecule has 7 heterocycles. The van der Waals surface area contributed by atoms with Crippen molar-refractivity contribution in [1.82, 2.24) is 44.9 Å². The first kappa shape index (κ1) is 37.7. The minimum atomic E-state index is -0.975. The third kappa shape index (κ3) is 7.51. The minimum Gasteiger partial charge on any atom is -0.377 e. The van der Waals surface area contributed by atoms with E-state index in [-0.39, 0.29) is 48.5 Å². The molecule has 4 aromatic rings. The molecule has 302 valence electrons. The predicted octanol–water partition coefficient (Wildman–Crippen LogP) is 2.63. The van der Waals surface area contributed by atoms with Gasteiger partial charge in [-0.25, -0.2) is 19.9 Å². The Hall–Kier alpha value is -5.81. The molecule has 17 nitrogen and oxygen atoms in total. The maximum Gasteiger partial charge on any atom is 0.270 e. The molecule has 1 aromatic carbocycles. The molecule has 1 saturated carbocycles. The number of carbonyl (C=O) groups excluding carboxylic acids is 5. The number of rotatable bonds is 11. The zero-order valence-corrected chi connectivity index (χ0v) is 32.4. The van der Waals surface area contributed by atoms with Crippen LogP contribution in [0.5, 0.6) is 0 Å². The van der Waals surface area contributed by atoms with Crippen molar-refractivity contribution >= 4 is 52.2 Å². The van der Waals surface area contributed by atoms with E-state index in [1.165, 1.54) is 0 Å². The molecule has 5 aliphatic rings. The lowest BCUT2D eigenvalue weighted by Gasteiger charge is -2.36. The van der Waals surface area contributed by atoms with Gasteiger partial charge in [-0.2, -0.15) is 0 Å². The van der Waals surface area contributed by atoms with Gasteiger partial charge in [0.2, 0.25) is 11.8 Å². The molecule has 4 fully saturated rings. The number of hydrogen-bond donors (Lipinski definition) is 3. The standard InChI is InChI=1S/C41H47N11O6/c1-24-3-2-4-32(45-24)38(54)47-26-19-28(20-26)51-23-44-35-36(42-22-43-37(35)51)46-25-9-13-49(14-10-25)17-18-58-29-11-15-50(16-12-29)27-5-6-30-31(21-27)41(57)52(40(30)56)33-7-8-34(53)48-39(33)55/h2-6,21-23,25-26,28-29,33H,7-20H2,1H3,(H,47,54)(H,42,43,46)(H,48,53,55). The zero-order valence-electron chi connectivity index (χ0n) is 32.4. The summed E-state index contributed by atoms with van der Waals surface area (Å²) in [5.41, 5.74) is 4.26. The van der Waals surface area contributed by atoms with Crippen LogP contribution in [0.4, 0.5) is 11.5 Å². The largest absolute Gasteiger partial charge is 0.377 e. The number of ether oxygens (including phenoxy) is 1. The van der Waals surface area contributed by atoms with Gasteiger partial charge in [-0.05, 0) is 82.2 Å². The number of carbonyl (C=O) groups is 5. The highest BCUT2D eigenvalue weighted by atomic mass is 16.5. The van der Waals surface area contributed by atoms with Gasteiger partial charge in [0.1, 0.15) is 23.6 Å². The van der Waals surface area contributed by atoms with Gasteiger partial charge >= 0.3 is 0 Å². The average Bonchev–Trinajstić information content (AvgIpc) is 3.75. The number of aromatic nitrogens is 5. The average molecular weight is 790 g/mol. The quantitative estimate of drug-likeness (QED) is 0.188. The summed E-state index contributed by atoms with van der Waals surface area (Å²) < 4.78 is 8.43. The highest BCUT2D eigenvalue weighted by Crippen LogP contribution is 2.36. The van der Waals surface area contributed by atoms with Crippen LogP contribution in [0.2, 0.25) is 0 Å². The molecular weight excluding hydrogens is 743 g/mol.